The number of carbonyl (C=O) groups is 1. The number of aromatic nitrogens is 2. The fraction of sp³-hybridized carbons (Fsp3) is 0.333. The lowest BCUT2D eigenvalue weighted by molar-refractivity contribution is 0.0522. The number of hydrogen-bond donors (Lipinski definition) is 0. The van der Waals surface area contributed by atoms with E-state index in [4.69, 9.17) is 14.2 Å². The second-order valence-electron chi connectivity index (χ2n) is 4.37. The quantitative estimate of drug-likeness (QED) is 0.735. The Morgan fingerprint density at radius 3 is 2.77 bits per heavy atom. The van der Waals surface area contributed by atoms with Crippen LogP contribution in [0, 0.1) is 0 Å². The van der Waals surface area contributed by atoms with Crippen LogP contribution in [0.5, 0.6) is 11.6 Å². The summed E-state index contributed by atoms with van der Waals surface area (Å²) in [5.74, 6) is 0.128. The van der Waals surface area contributed by atoms with E-state index in [1.165, 1.54) is 0 Å². The van der Waals surface area contributed by atoms with Crippen molar-refractivity contribution in [2.24, 2.45) is 7.05 Å². The Hall–Kier alpha value is -2.57. The number of rotatable bonds is 7. The van der Waals surface area contributed by atoms with Gasteiger partial charge < -0.3 is 14.2 Å². The first-order valence-corrected chi connectivity index (χ1v) is 6.76. The predicted octanol–water partition coefficient (Wildman–Crippen LogP) is 2.48. The minimum absolute atomic E-state index is 0.0152. The van der Waals surface area contributed by atoms with E-state index in [1.54, 1.807) is 49.1 Å². The van der Waals surface area contributed by atoms with Crippen LogP contribution in [-0.2, 0) is 18.4 Å². The van der Waals surface area contributed by atoms with Crippen molar-refractivity contribution in [2.45, 2.75) is 13.5 Å². The molecular weight excluding hydrogens is 291 g/mol. The van der Waals surface area contributed by atoms with Crippen LogP contribution in [0.25, 0.3) is 0 Å². The lowest BCUT2D eigenvalue weighted by Gasteiger charge is -2.13. The summed E-state index contributed by atoms with van der Waals surface area (Å²) in [7, 11) is 1.76. The molecule has 2 rings (SSSR count). The molecule has 0 saturated carbocycles. The van der Waals surface area contributed by atoms with Gasteiger partial charge in [0.05, 0.1) is 12.2 Å². The minimum atomic E-state index is -0.997. The Labute approximate surface area is 127 Å². The molecule has 0 aliphatic heterocycles. The van der Waals surface area contributed by atoms with Gasteiger partial charge in [-0.15, -0.1) is 5.10 Å². The van der Waals surface area contributed by atoms with E-state index in [0.717, 1.165) is 0 Å². The lowest BCUT2D eigenvalue weighted by atomic mass is 10.1. The SMILES string of the molecule is CCOC(=O)c1cccc(OCF)c1COc1ccn(C)n1. The molecule has 0 saturated heterocycles. The summed E-state index contributed by atoms with van der Waals surface area (Å²) in [4.78, 5) is 12.0. The van der Waals surface area contributed by atoms with Crippen molar-refractivity contribution >= 4 is 5.97 Å². The molecule has 22 heavy (non-hydrogen) atoms. The zero-order valence-electron chi connectivity index (χ0n) is 12.4. The normalized spacial score (nSPS) is 10.3. The van der Waals surface area contributed by atoms with Gasteiger partial charge in [-0.05, 0) is 19.1 Å². The highest BCUT2D eigenvalue weighted by Gasteiger charge is 2.18. The van der Waals surface area contributed by atoms with Gasteiger partial charge in [0.2, 0.25) is 12.7 Å². The van der Waals surface area contributed by atoms with Gasteiger partial charge in [-0.3, -0.25) is 4.68 Å². The lowest BCUT2D eigenvalue weighted by Crippen LogP contribution is -2.12. The number of halogens is 1. The highest BCUT2D eigenvalue weighted by atomic mass is 19.1. The Morgan fingerprint density at radius 1 is 1.32 bits per heavy atom. The largest absolute Gasteiger partial charge is 0.472 e. The minimum Gasteiger partial charge on any atom is -0.472 e. The van der Waals surface area contributed by atoms with E-state index >= 15 is 0 Å². The molecule has 1 aromatic heterocycles. The average Bonchev–Trinajstić information content (AvgIpc) is 2.92. The van der Waals surface area contributed by atoms with Gasteiger partial charge in [0, 0.05) is 24.9 Å². The second kappa shape index (κ2) is 7.44. The van der Waals surface area contributed by atoms with Crippen LogP contribution in [-0.4, -0.2) is 29.2 Å². The fourth-order valence-electron chi connectivity index (χ4n) is 1.93. The van der Waals surface area contributed by atoms with Crippen molar-refractivity contribution < 1.29 is 23.4 Å². The van der Waals surface area contributed by atoms with E-state index in [1.807, 2.05) is 0 Å². The van der Waals surface area contributed by atoms with Crippen molar-refractivity contribution in [3.8, 4) is 11.6 Å². The van der Waals surface area contributed by atoms with Gasteiger partial charge in [0.25, 0.3) is 0 Å². The molecule has 0 N–H and O–H groups in total. The van der Waals surface area contributed by atoms with Crippen LogP contribution in [0.4, 0.5) is 4.39 Å². The smallest absolute Gasteiger partial charge is 0.338 e. The summed E-state index contributed by atoms with van der Waals surface area (Å²) < 4.78 is 29.5. The zero-order chi connectivity index (χ0) is 15.9. The molecule has 0 atom stereocenters. The summed E-state index contributed by atoms with van der Waals surface area (Å²) in [6, 6.07) is 6.43. The maximum Gasteiger partial charge on any atom is 0.338 e. The summed E-state index contributed by atoms with van der Waals surface area (Å²) in [6.07, 6.45) is 1.73. The number of esters is 1. The number of carbonyl (C=O) groups excluding carboxylic acids is 1. The predicted molar refractivity (Wildman–Crippen MR) is 76.5 cm³/mol. The molecule has 0 fully saturated rings. The standard InChI is InChI=1S/C15H17FN2O4/c1-3-20-15(19)11-5-4-6-13(22-10-16)12(11)9-21-14-7-8-18(2)17-14/h4-8H,3,9-10H2,1-2H3. The number of alkyl halides is 1. The summed E-state index contributed by atoms with van der Waals surface area (Å²) >= 11 is 0. The molecule has 0 unspecified atom stereocenters. The monoisotopic (exact) mass is 308 g/mol. The van der Waals surface area contributed by atoms with E-state index in [0.29, 0.717) is 11.4 Å². The van der Waals surface area contributed by atoms with Crippen LogP contribution < -0.4 is 9.47 Å². The number of benzene rings is 1. The summed E-state index contributed by atoms with van der Waals surface area (Å²) in [6.45, 7) is 0.974. The molecule has 0 bridgehead atoms. The summed E-state index contributed by atoms with van der Waals surface area (Å²) in [5, 5.41) is 4.08. The van der Waals surface area contributed by atoms with Crippen LogP contribution in [0.15, 0.2) is 30.5 Å². The van der Waals surface area contributed by atoms with Crippen molar-refractivity contribution in [3.63, 3.8) is 0 Å². The second-order valence-corrected chi connectivity index (χ2v) is 4.37. The number of aryl methyl sites for hydroxylation is 1. The summed E-state index contributed by atoms with van der Waals surface area (Å²) in [5.41, 5.74) is 0.702. The molecule has 7 heteroatoms. The third-order valence-corrected chi connectivity index (χ3v) is 2.89. The Kier molecular flexibility index (Phi) is 5.35. The highest BCUT2D eigenvalue weighted by molar-refractivity contribution is 5.91. The topological polar surface area (TPSA) is 62.6 Å². The first kappa shape index (κ1) is 15.8. The molecule has 1 aromatic carbocycles. The van der Waals surface area contributed by atoms with E-state index in [2.05, 4.69) is 5.10 Å². The highest BCUT2D eigenvalue weighted by Crippen LogP contribution is 2.25. The Morgan fingerprint density at radius 2 is 2.14 bits per heavy atom. The molecule has 0 aliphatic carbocycles. The maximum absolute atomic E-state index is 12.5. The van der Waals surface area contributed by atoms with Crippen molar-refractivity contribution in [1.29, 1.82) is 0 Å². The van der Waals surface area contributed by atoms with Gasteiger partial charge >= 0.3 is 5.97 Å². The van der Waals surface area contributed by atoms with Crippen molar-refractivity contribution in [1.82, 2.24) is 9.78 Å². The third kappa shape index (κ3) is 3.75. The molecule has 0 spiro atoms. The molecule has 0 aliphatic rings. The molecule has 6 nitrogen and oxygen atoms in total. The number of hydrogen-bond acceptors (Lipinski definition) is 5. The molecule has 2 aromatic rings. The molecular formula is C15H17FN2O4. The molecule has 118 valence electrons. The van der Waals surface area contributed by atoms with Crippen LogP contribution >= 0.6 is 0 Å². The Balaban J connectivity index is 2.26. The number of ether oxygens (including phenoxy) is 3. The maximum atomic E-state index is 12.5. The molecule has 1 heterocycles. The van der Waals surface area contributed by atoms with Gasteiger partial charge in [-0.25, -0.2) is 9.18 Å². The molecule has 0 radical (unpaired) electrons. The average molecular weight is 308 g/mol. The first-order chi connectivity index (χ1) is 10.7. The van der Waals surface area contributed by atoms with Crippen molar-refractivity contribution in [2.75, 3.05) is 13.5 Å². The van der Waals surface area contributed by atoms with Gasteiger partial charge in [0.15, 0.2) is 0 Å². The van der Waals surface area contributed by atoms with Crippen LogP contribution in [0.2, 0.25) is 0 Å². The van der Waals surface area contributed by atoms with Crippen LogP contribution in [0.1, 0.15) is 22.8 Å². The Bertz CT molecular complexity index is 642. The van der Waals surface area contributed by atoms with Gasteiger partial charge in [-0.2, -0.15) is 0 Å². The molecule has 0 amide bonds. The van der Waals surface area contributed by atoms with Crippen molar-refractivity contribution in [3.05, 3.63) is 41.6 Å². The van der Waals surface area contributed by atoms with E-state index in [-0.39, 0.29) is 24.5 Å². The van der Waals surface area contributed by atoms with Gasteiger partial charge in [0.1, 0.15) is 12.4 Å². The zero-order valence-corrected chi connectivity index (χ0v) is 12.4. The van der Waals surface area contributed by atoms with Gasteiger partial charge in [-0.1, -0.05) is 6.07 Å². The first-order valence-electron chi connectivity index (χ1n) is 6.76. The fourth-order valence-corrected chi connectivity index (χ4v) is 1.93. The van der Waals surface area contributed by atoms with Crippen LogP contribution in [0.3, 0.4) is 0 Å². The number of nitrogens with zero attached hydrogens (tertiary/aromatic N) is 2. The third-order valence-electron chi connectivity index (χ3n) is 2.89. The van der Waals surface area contributed by atoms with E-state index in [9.17, 15) is 9.18 Å². The van der Waals surface area contributed by atoms with E-state index < -0.39 is 12.8 Å².